The average Bonchev–Trinajstić information content (AvgIpc) is 2.61. The average molecular weight is 190 g/mol. The van der Waals surface area contributed by atoms with Crippen molar-refractivity contribution in [3.63, 3.8) is 0 Å². The summed E-state index contributed by atoms with van der Waals surface area (Å²) in [6, 6.07) is 8.05. The molecule has 74 valence electrons. The number of hydrogen-bond donors (Lipinski definition) is 1. The molecule has 0 bridgehead atoms. The highest BCUT2D eigenvalue weighted by Gasteiger charge is 2.07. The molecule has 14 heavy (non-hydrogen) atoms. The van der Waals surface area contributed by atoms with E-state index in [2.05, 4.69) is 16.3 Å². The Labute approximate surface area is 83.3 Å². The molecule has 3 nitrogen and oxygen atoms in total. The normalized spacial score (nSPS) is 10.7. The Balaban J connectivity index is 2.42. The number of anilines is 1. The van der Waals surface area contributed by atoms with Crippen molar-refractivity contribution >= 4 is 16.7 Å². The van der Waals surface area contributed by atoms with Crippen LogP contribution >= 0.6 is 0 Å². The lowest BCUT2D eigenvalue weighted by Gasteiger charge is -2.16. The number of furan rings is 1. The van der Waals surface area contributed by atoms with Crippen LogP contribution in [0.5, 0.6) is 0 Å². The minimum absolute atomic E-state index is 0.809. The van der Waals surface area contributed by atoms with E-state index in [1.807, 2.05) is 32.3 Å². The van der Waals surface area contributed by atoms with Crippen LogP contribution in [0, 0.1) is 0 Å². The molecule has 0 saturated carbocycles. The molecular weight excluding hydrogens is 176 g/mol. The van der Waals surface area contributed by atoms with E-state index in [0.717, 1.165) is 23.3 Å². The quantitative estimate of drug-likeness (QED) is 0.751. The van der Waals surface area contributed by atoms with Crippen molar-refractivity contribution in [1.29, 1.82) is 0 Å². The first-order chi connectivity index (χ1) is 6.83. The highest BCUT2D eigenvalue weighted by Crippen LogP contribution is 2.27. The summed E-state index contributed by atoms with van der Waals surface area (Å²) < 4.78 is 5.45. The number of rotatable bonds is 3. The zero-order valence-corrected chi connectivity index (χ0v) is 8.45. The second-order valence-electron chi connectivity index (χ2n) is 3.33. The second-order valence-corrected chi connectivity index (χ2v) is 3.33. The molecule has 0 unspecified atom stereocenters. The third kappa shape index (κ3) is 1.46. The maximum atomic E-state index is 5.45. The van der Waals surface area contributed by atoms with Crippen molar-refractivity contribution in [1.82, 2.24) is 5.32 Å². The van der Waals surface area contributed by atoms with Gasteiger partial charge in [0.25, 0.3) is 0 Å². The number of para-hydroxylation sites is 1. The monoisotopic (exact) mass is 190 g/mol. The molecule has 0 saturated heterocycles. The Bertz CT molecular complexity index is 422. The summed E-state index contributed by atoms with van der Waals surface area (Å²) in [6.45, 7) is 0.809. The van der Waals surface area contributed by atoms with Gasteiger partial charge in [-0.3, -0.25) is 0 Å². The molecule has 1 N–H and O–H groups in total. The maximum Gasteiger partial charge on any atom is 0.136 e. The lowest BCUT2D eigenvalue weighted by atomic mass is 10.2. The number of fused-ring (bicyclic) bond motifs is 1. The van der Waals surface area contributed by atoms with Crippen LogP contribution in [-0.2, 0) is 0 Å². The van der Waals surface area contributed by atoms with Gasteiger partial charge in [0.2, 0.25) is 0 Å². The Morgan fingerprint density at radius 3 is 2.93 bits per heavy atom. The lowest BCUT2D eigenvalue weighted by molar-refractivity contribution is 0.613. The second kappa shape index (κ2) is 3.72. The van der Waals surface area contributed by atoms with Gasteiger partial charge in [0.05, 0.1) is 12.4 Å². The predicted octanol–water partition coefficient (Wildman–Crippen LogP) is 2.05. The zero-order valence-electron chi connectivity index (χ0n) is 8.45. The summed E-state index contributed by atoms with van der Waals surface area (Å²) in [6.07, 6.45) is 1.79. The van der Waals surface area contributed by atoms with Gasteiger partial charge in [-0.15, -0.1) is 0 Å². The van der Waals surface area contributed by atoms with Crippen LogP contribution in [0.4, 0.5) is 5.69 Å². The van der Waals surface area contributed by atoms with Crippen LogP contribution in [0.25, 0.3) is 11.0 Å². The fourth-order valence-corrected chi connectivity index (χ4v) is 1.58. The summed E-state index contributed by atoms with van der Waals surface area (Å²) in [7, 11) is 3.96. The number of nitrogens with one attached hydrogen (secondary N) is 1. The third-order valence-electron chi connectivity index (χ3n) is 2.27. The van der Waals surface area contributed by atoms with Crippen molar-refractivity contribution in [3.05, 3.63) is 30.5 Å². The summed E-state index contributed by atoms with van der Waals surface area (Å²) in [5.41, 5.74) is 2.06. The van der Waals surface area contributed by atoms with E-state index in [1.54, 1.807) is 6.26 Å². The molecule has 0 fully saturated rings. The number of benzene rings is 1. The maximum absolute atomic E-state index is 5.45. The summed E-state index contributed by atoms with van der Waals surface area (Å²) in [4.78, 5) is 2.12. The number of nitrogens with zero attached hydrogens (tertiary/aromatic N) is 1. The van der Waals surface area contributed by atoms with Gasteiger partial charge in [0.15, 0.2) is 0 Å². The van der Waals surface area contributed by atoms with Gasteiger partial charge in [-0.1, -0.05) is 12.1 Å². The molecule has 0 spiro atoms. The highest BCUT2D eigenvalue weighted by molar-refractivity contribution is 5.90. The SMILES string of the molecule is CNCN(C)c1coc2ccccc12. The number of hydrogen-bond acceptors (Lipinski definition) is 3. The molecule has 0 atom stereocenters. The lowest BCUT2D eigenvalue weighted by Crippen LogP contribution is -2.27. The molecule has 0 amide bonds. The molecule has 1 heterocycles. The van der Waals surface area contributed by atoms with Crippen molar-refractivity contribution in [3.8, 4) is 0 Å². The standard InChI is InChI=1S/C11H14N2O/c1-12-8-13(2)10-7-14-11-6-4-3-5-9(10)11/h3-7,12H,8H2,1-2H3. The Kier molecular flexibility index (Phi) is 2.41. The van der Waals surface area contributed by atoms with Gasteiger partial charge in [-0.25, -0.2) is 0 Å². The molecule has 0 aliphatic carbocycles. The largest absolute Gasteiger partial charge is 0.462 e. The summed E-state index contributed by atoms with van der Waals surface area (Å²) >= 11 is 0. The van der Waals surface area contributed by atoms with Crippen molar-refractivity contribution in [2.45, 2.75) is 0 Å². The first-order valence-corrected chi connectivity index (χ1v) is 4.65. The zero-order chi connectivity index (χ0) is 9.97. The van der Waals surface area contributed by atoms with Crippen LogP contribution in [0.1, 0.15) is 0 Å². The van der Waals surface area contributed by atoms with E-state index in [0.29, 0.717) is 0 Å². The predicted molar refractivity (Wildman–Crippen MR) is 58.5 cm³/mol. The van der Waals surface area contributed by atoms with Crippen LogP contribution in [0.3, 0.4) is 0 Å². The third-order valence-corrected chi connectivity index (χ3v) is 2.27. The van der Waals surface area contributed by atoms with E-state index in [1.165, 1.54) is 0 Å². The fourth-order valence-electron chi connectivity index (χ4n) is 1.58. The van der Waals surface area contributed by atoms with Crippen LogP contribution in [-0.4, -0.2) is 20.8 Å². The first-order valence-electron chi connectivity index (χ1n) is 4.65. The van der Waals surface area contributed by atoms with Crippen LogP contribution in [0.15, 0.2) is 34.9 Å². The van der Waals surface area contributed by atoms with Gasteiger partial charge >= 0.3 is 0 Å². The highest BCUT2D eigenvalue weighted by atomic mass is 16.3. The summed E-state index contributed by atoms with van der Waals surface area (Å²) in [5, 5.41) is 4.26. The van der Waals surface area contributed by atoms with E-state index in [9.17, 15) is 0 Å². The van der Waals surface area contributed by atoms with Gasteiger partial charge in [0, 0.05) is 12.4 Å². The molecule has 0 radical (unpaired) electrons. The smallest absolute Gasteiger partial charge is 0.136 e. The Morgan fingerprint density at radius 1 is 1.36 bits per heavy atom. The van der Waals surface area contributed by atoms with E-state index in [-0.39, 0.29) is 0 Å². The van der Waals surface area contributed by atoms with Crippen molar-refractivity contribution in [2.24, 2.45) is 0 Å². The van der Waals surface area contributed by atoms with Gasteiger partial charge < -0.3 is 14.6 Å². The minimum Gasteiger partial charge on any atom is -0.462 e. The molecule has 1 aromatic heterocycles. The van der Waals surface area contributed by atoms with Gasteiger partial charge in [-0.05, 0) is 19.2 Å². The molecule has 2 rings (SSSR count). The summed E-state index contributed by atoms with van der Waals surface area (Å²) in [5.74, 6) is 0. The topological polar surface area (TPSA) is 28.4 Å². The van der Waals surface area contributed by atoms with E-state index in [4.69, 9.17) is 4.42 Å². The van der Waals surface area contributed by atoms with E-state index >= 15 is 0 Å². The fraction of sp³-hybridized carbons (Fsp3) is 0.273. The van der Waals surface area contributed by atoms with Crippen molar-refractivity contribution in [2.75, 3.05) is 25.7 Å². The van der Waals surface area contributed by atoms with Gasteiger partial charge in [0.1, 0.15) is 11.8 Å². The minimum atomic E-state index is 0.809. The molecule has 2 aromatic rings. The van der Waals surface area contributed by atoms with Crippen LogP contribution < -0.4 is 10.2 Å². The van der Waals surface area contributed by atoms with Crippen molar-refractivity contribution < 1.29 is 4.42 Å². The van der Waals surface area contributed by atoms with Gasteiger partial charge in [-0.2, -0.15) is 0 Å². The molecule has 3 heteroatoms. The first kappa shape index (κ1) is 9.09. The Hall–Kier alpha value is -1.48. The molecule has 0 aliphatic rings. The Morgan fingerprint density at radius 2 is 2.14 bits per heavy atom. The molecular formula is C11H14N2O. The van der Waals surface area contributed by atoms with Crippen LogP contribution in [0.2, 0.25) is 0 Å². The molecule has 0 aliphatic heterocycles. The molecule has 1 aromatic carbocycles. The van der Waals surface area contributed by atoms with E-state index < -0.39 is 0 Å².